The van der Waals surface area contributed by atoms with E-state index in [9.17, 15) is 9.59 Å². The van der Waals surface area contributed by atoms with Gasteiger partial charge in [0.1, 0.15) is 6.61 Å². The lowest BCUT2D eigenvalue weighted by atomic mass is 9.72. The third-order valence-electron chi connectivity index (χ3n) is 7.01. The number of hydrogen-bond donors (Lipinski definition) is 0. The van der Waals surface area contributed by atoms with E-state index in [1.165, 1.54) is 10.8 Å². The topological polar surface area (TPSA) is 66.8 Å². The number of unbranched alkanes of at least 4 members (excludes halogenated alkanes) is 1. The van der Waals surface area contributed by atoms with Crippen molar-refractivity contribution in [3.8, 4) is 0 Å². The lowest BCUT2D eigenvalue weighted by molar-refractivity contribution is -0.188. The standard InChI is InChI=1S/C30H41NO5/c1-7-9-19-34-22(3)36-28(33)30(6,8-2)21-29(4,5)27(32)35-20-18-31-25-16-12-10-14-23(25)24-15-11-13-17-26(24)31/h10-17,22H,7-9,18-21H2,1-6H3. The first-order valence-electron chi connectivity index (χ1n) is 13.1. The summed E-state index contributed by atoms with van der Waals surface area (Å²) in [5.74, 6) is -0.664. The van der Waals surface area contributed by atoms with Gasteiger partial charge in [-0.15, -0.1) is 0 Å². The molecule has 0 saturated heterocycles. The van der Waals surface area contributed by atoms with Gasteiger partial charge in [0.15, 0.2) is 6.29 Å². The van der Waals surface area contributed by atoms with Crippen molar-refractivity contribution in [2.24, 2.45) is 10.8 Å². The number of nitrogens with zero attached hydrogens (tertiary/aromatic N) is 1. The summed E-state index contributed by atoms with van der Waals surface area (Å²) in [6, 6.07) is 16.5. The van der Waals surface area contributed by atoms with E-state index in [1.54, 1.807) is 6.92 Å². The first-order valence-corrected chi connectivity index (χ1v) is 13.1. The van der Waals surface area contributed by atoms with Crippen molar-refractivity contribution < 1.29 is 23.8 Å². The van der Waals surface area contributed by atoms with Crippen LogP contribution in [0.25, 0.3) is 21.8 Å². The molecule has 0 bridgehead atoms. The van der Waals surface area contributed by atoms with E-state index in [1.807, 2.05) is 52.0 Å². The highest BCUT2D eigenvalue weighted by Gasteiger charge is 2.43. The highest BCUT2D eigenvalue weighted by molar-refractivity contribution is 6.07. The molecule has 196 valence electrons. The Kier molecular flexibility index (Phi) is 9.18. The first-order chi connectivity index (χ1) is 17.1. The van der Waals surface area contributed by atoms with E-state index in [4.69, 9.17) is 14.2 Å². The van der Waals surface area contributed by atoms with E-state index >= 15 is 0 Å². The van der Waals surface area contributed by atoms with E-state index in [2.05, 4.69) is 35.8 Å². The fourth-order valence-corrected chi connectivity index (χ4v) is 4.78. The predicted octanol–water partition coefficient (Wildman–Crippen LogP) is 6.88. The zero-order valence-corrected chi connectivity index (χ0v) is 22.6. The Hall–Kier alpha value is -2.86. The molecule has 0 aliphatic heterocycles. The largest absolute Gasteiger partial charge is 0.463 e. The second-order valence-corrected chi connectivity index (χ2v) is 10.5. The van der Waals surface area contributed by atoms with Crippen molar-refractivity contribution >= 4 is 33.7 Å². The van der Waals surface area contributed by atoms with E-state index in [-0.39, 0.29) is 18.5 Å². The molecular formula is C30H41NO5. The van der Waals surface area contributed by atoms with Crippen LogP contribution in [-0.2, 0) is 30.3 Å². The van der Waals surface area contributed by atoms with Gasteiger partial charge in [0.2, 0.25) is 0 Å². The Balaban J connectivity index is 1.63. The molecule has 3 aromatic rings. The second-order valence-electron chi connectivity index (χ2n) is 10.5. The van der Waals surface area contributed by atoms with Gasteiger partial charge in [-0.05, 0) is 59.1 Å². The molecule has 3 rings (SSSR count). The van der Waals surface area contributed by atoms with Gasteiger partial charge in [0.25, 0.3) is 0 Å². The van der Waals surface area contributed by atoms with Gasteiger partial charge in [-0.2, -0.15) is 0 Å². The van der Waals surface area contributed by atoms with Gasteiger partial charge in [-0.25, -0.2) is 0 Å². The van der Waals surface area contributed by atoms with Gasteiger partial charge in [-0.3, -0.25) is 9.59 Å². The van der Waals surface area contributed by atoms with Crippen LogP contribution in [0.15, 0.2) is 48.5 Å². The maximum Gasteiger partial charge on any atom is 0.314 e. The molecule has 0 amide bonds. The number of aromatic nitrogens is 1. The molecule has 1 heterocycles. The number of carbonyl (C=O) groups excluding carboxylic acids is 2. The summed E-state index contributed by atoms with van der Waals surface area (Å²) in [6.07, 6.45) is 2.19. The Morgan fingerprint density at radius 3 is 2.03 bits per heavy atom. The van der Waals surface area contributed by atoms with E-state index in [0.717, 1.165) is 23.9 Å². The average molecular weight is 496 g/mol. The maximum atomic E-state index is 13.1. The predicted molar refractivity (Wildman–Crippen MR) is 144 cm³/mol. The number of ether oxygens (including phenoxy) is 3. The van der Waals surface area contributed by atoms with Gasteiger partial charge in [0.05, 0.1) is 24.0 Å². The van der Waals surface area contributed by atoms with Crippen LogP contribution in [0, 0.1) is 10.8 Å². The smallest absolute Gasteiger partial charge is 0.314 e. The minimum absolute atomic E-state index is 0.251. The third kappa shape index (κ3) is 6.28. The van der Waals surface area contributed by atoms with Gasteiger partial charge >= 0.3 is 11.9 Å². The summed E-state index contributed by atoms with van der Waals surface area (Å²) < 4.78 is 19.1. The van der Waals surface area contributed by atoms with Crippen molar-refractivity contribution in [1.29, 1.82) is 0 Å². The maximum absolute atomic E-state index is 13.1. The lowest BCUT2D eigenvalue weighted by Crippen LogP contribution is -2.40. The minimum atomic E-state index is -0.850. The third-order valence-corrected chi connectivity index (χ3v) is 7.01. The molecule has 0 saturated carbocycles. The Labute approximate surface area is 214 Å². The number of rotatable bonds is 13. The highest BCUT2D eigenvalue weighted by Crippen LogP contribution is 2.39. The Bertz CT molecular complexity index is 1130. The molecule has 0 aliphatic rings. The Morgan fingerprint density at radius 2 is 1.47 bits per heavy atom. The zero-order valence-electron chi connectivity index (χ0n) is 22.6. The summed E-state index contributed by atoms with van der Waals surface area (Å²) >= 11 is 0. The van der Waals surface area contributed by atoms with Crippen LogP contribution in [0.5, 0.6) is 0 Å². The van der Waals surface area contributed by atoms with Crippen LogP contribution < -0.4 is 0 Å². The van der Waals surface area contributed by atoms with Gasteiger partial charge in [-0.1, -0.05) is 56.7 Å². The van der Waals surface area contributed by atoms with Crippen molar-refractivity contribution in [2.45, 2.75) is 80.1 Å². The van der Waals surface area contributed by atoms with Crippen LogP contribution in [0.3, 0.4) is 0 Å². The van der Waals surface area contributed by atoms with Gasteiger partial charge in [0, 0.05) is 21.8 Å². The number of esters is 2. The van der Waals surface area contributed by atoms with Crippen molar-refractivity contribution in [3.63, 3.8) is 0 Å². The van der Waals surface area contributed by atoms with Crippen LogP contribution in [-0.4, -0.2) is 36.0 Å². The van der Waals surface area contributed by atoms with Crippen molar-refractivity contribution in [2.75, 3.05) is 13.2 Å². The summed E-state index contributed by atoms with van der Waals surface area (Å²) in [6.45, 7) is 12.6. The Morgan fingerprint density at radius 1 is 0.889 bits per heavy atom. The second kappa shape index (κ2) is 11.9. The number of fused-ring (bicyclic) bond motifs is 3. The number of hydrogen-bond acceptors (Lipinski definition) is 5. The summed E-state index contributed by atoms with van der Waals surface area (Å²) in [5.41, 5.74) is 0.561. The molecule has 0 N–H and O–H groups in total. The molecule has 0 radical (unpaired) electrons. The van der Waals surface area contributed by atoms with Crippen LogP contribution in [0.1, 0.15) is 67.2 Å². The minimum Gasteiger partial charge on any atom is -0.463 e. The zero-order chi connectivity index (χ0) is 26.3. The van der Waals surface area contributed by atoms with E-state index < -0.39 is 17.1 Å². The molecule has 0 spiro atoms. The first kappa shape index (κ1) is 27.7. The van der Waals surface area contributed by atoms with Crippen LogP contribution in [0.2, 0.25) is 0 Å². The summed E-state index contributed by atoms with van der Waals surface area (Å²) in [4.78, 5) is 26.1. The van der Waals surface area contributed by atoms with Crippen LogP contribution >= 0.6 is 0 Å². The fourth-order valence-electron chi connectivity index (χ4n) is 4.78. The highest BCUT2D eigenvalue weighted by atomic mass is 16.7. The molecule has 6 heteroatoms. The van der Waals surface area contributed by atoms with Gasteiger partial charge < -0.3 is 18.8 Å². The normalized spacial score (nSPS) is 14.5. The molecule has 0 aliphatic carbocycles. The monoisotopic (exact) mass is 495 g/mol. The molecule has 2 unspecified atom stereocenters. The van der Waals surface area contributed by atoms with E-state index in [0.29, 0.717) is 26.0 Å². The lowest BCUT2D eigenvalue weighted by Gasteiger charge is -2.34. The molecule has 0 fully saturated rings. The van der Waals surface area contributed by atoms with Crippen molar-refractivity contribution in [1.82, 2.24) is 4.57 Å². The molecule has 2 atom stereocenters. The quantitative estimate of drug-likeness (QED) is 0.147. The summed E-state index contributed by atoms with van der Waals surface area (Å²) in [5, 5.41) is 2.37. The number of para-hydroxylation sites is 2. The molecule has 1 aromatic heterocycles. The molecule has 2 aromatic carbocycles. The molecule has 6 nitrogen and oxygen atoms in total. The fraction of sp³-hybridized carbons (Fsp3) is 0.533. The SMILES string of the molecule is CCCCOC(C)OC(=O)C(C)(CC)CC(C)(C)C(=O)OCCn1c2ccccc2c2ccccc21. The summed E-state index contributed by atoms with van der Waals surface area (Å²) in [7, 11) is 0. The molecule has 36 heavy (non-hydrogen) atoms. The number of carbonyl (C=O) groups is 2. The molecular weight excluding hydrogens is 454 g/mol. The van der Waals surface area contributed by atoms with Crippen molar-refractivity contribution in [3.05, 3.63) is 48.5 Å². The number of benzene rings is 2. The average Bonchev–Trinajstić information content (AvgIpc) is 3.17. The van der Waals surface area contributed by atoms with Crippen LogP contribution in [0.4, 0.5) is 0 Å².